The van der Waals surface area contributed by atoms with Gasteiger partial charge < -0.3 is 19.5 Å². The van der Waals surface area contributed by atoms with Gasteiger partial charge in [0.2, 0.25) is 0 Å². The second-order valence-electron chi connectivity index (χ2n) is 6.38. The number of carbonyl (C=O) groups is 1. The van der Waals surface area contributed by atoms with Gasteiger partial charge in [-0.3, -0.25) is 9.69 Å². The number of nitrogens with zero attached hydrogens (tertiary/aromatic N) is 1. The topological polar surface area (TPSA) is 60.0 Å². The lowest BCUT2D eigenvalue weighted by molar-refractivity contribution is 0.0162. The van der Waals surface area contributed by atoms with Crippen molar-refractivity contribution >= 4 is 5.91 Å². The minimum atomic E-state index is -0.116. The van der Waals surface area contributed by atoms with Gasteiger partial charge >= 0.3 is 0 Å². The van der Waals surface area contributed by atoms with Crippen LogP contribution < -0.4 is 14.8 Å². The lowest BCUT2D eigenvalue weighted by atomic mass is 10.0. The van der Waals surface area contributed by atoms with E-state index in [1.54, 1.807) is 26.4 Å². The van der Waals surface area contributed by atoms with E-state index in [0.29, 0.717) is 31.1 Å². The summed E-state index contributed by atoms with van der Waals surface area (Å²) in [5.74, 6) is 1.36. The van der Waals surface area contributed by atoms with Crippen molar-refractivity contribution in [3.05, 3.63) is 59.7 Å². The Morgan fingerprint density at radius 2 is 1.74 bits per heavy atom. The molecule has 2 aromatic rings. The number of amides is 1. The summed E-state index contributed by atoms with van der Waals surface area (Å²) in [5, 5.41) is 3.07. The van der Waals surface area contributed by atoms with Crippen LogP contribution in [0.3, 0.4) is 0 Å². The molecule has 1 N–H and O–H groups in total. The van der Waals surface area contributed by atoms with Crippen LogP contribution in [0.5, 0.6) is 11.5 Å². The molecule has 1 unspecified atom stereocenters. The summed E-state index contributed by atoms with van der Waals surface area (Å²) in [6, 6.07) is 15.2. The highest BCUT2D eigenvalue weighted by atomic mass is 16.5. The highest BCUT2D eigenvalue weighted by molar-refractivity contribution is 5.94. The van der Waals surface area contributed by atoms with Crippen molar-refractivity contribution in [1.82, 2.24) is 10.2 Å². The summed E-state index contributed by atoms with van der Waals surface area (Å²) in [6.07, 6.45) is 0. The molecule has 1 saturated heterocycles. The van der Waals surface area contributed by atoms with Gasteiger partial charge in [-0.2, -0.15) is 0 Å². The van der Waals surface area contributed by atoms with E-state index in [9.17, 15) is 4.79 Å². The summed E-state index contributed by atoms with van der Waals surface area (Å²) in [5.41, 5.74) is 1.70. The van der Waals surface area contributed by atoms with Gasteiger partial charge in [0, 0.05) is 25.2 Å². The molecular weight excluding hydrogens is 344 g/mol. The van der Waals surface area contributed by atoms with Gasteiger partial charge in [0.1, 0.15) is 11.5 Å². The summed E-state index contributed by atoms with van der Waals surface area (Å²) in [7, 11) is 3.25. The molecule has 1 aliphatic heterocycles. The highest BCUT2D eigenvalue weighted by Gasteiger charge is 2.24. The average Bonchev–Trinajstić information content (AvgIpc) is 2.74. The molecule has 1 amide bonds. The zero-order chi connectivity index (χ0) is 19.1. The second kappa shape index (κ2) is 9.39. The third-order valence-electron chi connectivity index (χ3n) is 4.75. The maximum absolute atomic E-state index is 12.6. The van der Waals surface area contributed by atoms with Crippen LogP contribution in [0.15, 0.2) is 48.5 Å². The number of rotatable bonds is 7. The van der Waals surface area contributed by atoms with Crippen LogP contribution in [0, 0.1) is 0 Å². The summed E-state index contributed by atoms with van der Waals surface area (Å²) >= 11 is 0. The Labute approximate surface area is 160 Å². The Balaban J connectivity index is 1.75. The van der Waals surface area contributed by atoms with Crippen LogP contribution in [0.1, 0.15) is 22.0 Å². The molecule has 0 radical (unpaired) electrons. The van der Waals surface area contributed by atoms with Gasteiger partial charge in [-0.05, 0) is 35.9 Å². The van der Waals surface area contributed by atoms with Gasteiger partial charge in [0.05, 0.1) is 33.5 Å². The van der Waals surface area contributed by atoms with E-state index in [-0.39, 0.29) is 11.9 Å². The predicted octanol–water partition coefficient (Wildman–Crippen LogP) is 2.51. The number of ether oxygens (including phenoxy) is 3. The van der Waals surface area contributed by atoms with Gasteiger partial charge in [0.15, 0.2) is 0 Å². The van der Waals surface area contributed by atoms with Crippen LogP contribution >= 0.6 is 0 Å². The van der Waals surface area contributed by atoms with Gasteiger partial charge in [-0.15, -0.1) is 0 Å². The van der Waals surface area contributed by atoms with Gasteiger partial charge in [0.25, 0.3) is 5.91 Å². The quantitative estimate of drug-likeness (QED) is 0.812. The molecule has 0 saturated carbocycles. The standard InChI is InChI=1S/C21H26N2O4/c1-25-18-7-3-5-16(13-18)20(23-9-11-27-12-10-23)15-22-21(24)17-6-4-8-19(14-17)26-2/h3-8,13-14,20H,9-12,15H2,1-2H3,(H,22,24). The first-order valence-corrected chi connectivity index (χ1v) is 9.09. The van der Waals surface area contributed by atoms with Gasteiger partial charge in [-0.1, -0.05) is 18.2 Å². The lowest BCUT2D eigenvalue weighted by Gasteiger charge is -2.35. The molecule has 1 fully saturated rings. The van der Waals surface area contributed by atoms with Crippen molar-refractivity contribution < 1.29 is 19.0 Å². The van der Waals surface area contributed by atoms with Crippen LogP contribution in [-0.2, 0) is 4.74 Å². The molecule has 1 heterocycles. The lowest BCUT2D eigenvalue weighted by Crippen LogP contribution is -2.43. The molecule has 0 aliphatic carbocycles. The number of morpholine rings is 1. The Morgan fingerprint density at radius 3 is 2.44 bits per heavy atom. The van der Waals surface area contributed by atoms with Crippen molar-refractivity contribution in [3.63, 3.8) is 0 Å². The summed E-state index contributed by atoms with van der Waals surface area (Å²) in [4.78, 5) is 15.0. The van der Waals surface area contributed by atoms with Crippen LogP contribution in [-0.4, -0.2) is 57.9 Å². The minimum absolute atomic E-state index is 0.0542. The molecule has 0 bridgehead atoms. The van der Waals surface area contributed by atoms with Crippen molar-refractivity contribution in [1.29, 1.82) is 0 Å². The van der Waals surface area contributed by atoms with Crippen molar-refractivity contribution in [2.24, 2.45) is 0 Å². The third kappa shape index (κ3) is 4.99. The first kappa shape index (κ1) is 19.2. The smallest absolute Gasteiger partial charge is 0.251 e. The fourth-order valence-corrected chi connectivity index (χ4v) is 3.25. The zero-order valence-corrected chi connectivity index (χ0v) is 15.8. The molecule has 0 aromatic heterocycles. The van der Waals surface area contributed by atoms with E-state index in [1.165, 1.54) is 0 Å². The normalized spacial score (nSPS) is 15.8. The fraction of sp³-hybridized carbons (Fsp3) is 0.381. The summed E-state index contributed by atoms with van der Waals surface area (Å²) < 4.78 is 16.1. The molecule has 1 atom stereocenters. The highest BCUT2D eigenvalue weighted by Crippen LogP contribution is 2.25. The molecule has 27 heavy (non-hydrogen) atoms. The largest absolute Gasteiger partial charge is 0.497 e. The van der Waals surface area contributed by atoms with Crippen LogP contribution in [0.25, 0.3) is 0 Å². The van der Waals surface area contributed by atoms with Crippen molar-refractivity contribution in [2.75, 3.05) is 47.1 Å². The number of nitrogens with one attached hydrogen (secondary N) is 1. The Hall–Kier alpha value is -2.57. The van der Waals surface area contributed by atoms with Crippen LogP contribution in [0.4, 0.5) is 0 Å². The Morgan fingerprint density at radius 1 is 1.07 bits per heavy atom. The molecule has 144 valence electrons. The van der Waals surface area contributed by atoms with Crippen LogP contribution in [0.2, 0.25) is 0 Å². The average molecular weight is 370 g/mol. The van der Waals surface area contributed by atoms with E-state index in [1.807, 2.05) is 30.3 Å². The van der Waals surface area contributed by atoms with E-state index in [0.717, 1.165) is 24.4 Å². The molecule has 3 rings (SSSR count). The number of benzene rings is 2. The van der Waals surface area contributed by atoms with Crippen molar-refractivity contribution in [3.8, 4) is 11.5 Å². The maximum atomic E-state index is 12.6. The molecule has 0 spiro atoms. The van der Waals surface area contributed by atoms with E-state index < -0.39 is 0 Å². The Kier molecular flexibility index (Phi) is 6.68. The first-order chi connectivity index (χ1) is 13.2. The maximum Gasteiger partial charge on any atom is 0.251 e. The first-order valence-electron chi connectivity index (χ1n) is 9.09. The predicted molar refractivity (Wildman–Crippen MR) is 103 cm³/mol. The van der Waals surface area contributed by atoms with E-state index >= 15 is 0 Å². The number of hydrogen-bond donors (Lipinski definition) is 1. The Bertz CT molecular complexity index is 759. The van der Waals surface area contributed by atoms with E-state index in [2.05, 4.69) is 16.3 Å². The molecule has 6 heteroatoms. The molecular formula is C21H26N2O4. The SMILES string of the molecule is COc1cccc(C(=O)NCC(c2cccc(OC)c2)N2CCOCC2)c1. The fourth-order valence-electron chi connectivity index (χ4n) is 3.25. The molecule has 1 aliphatic rings. The van der Waals surface area contributed by atoms with Gasteiger partial charge in [-0.25, -0.2) is 0 Å². The molecule has 2 aromatic carbocycles. The number of carbonyl (C=O) groups excluding carboxylic acids is 1. The van der Waals surface area contributed by atoms with Crippen molar-refractivity contribution in [2.45, 2.75) is 6.04 Å². The summed E-state index contributed by atoms with van der Waals surface area (Å²) in [6.45, 7) is 3.56. The third-order valence-corrected chi connectivity index (χ3v) is 4.75. The monoisotopic (exact) mass is 370 g/mol. The zero-order valence-electron chi connectivity index (χ0n) is 15.8. The van der Waals surface area contributed by atoms with E-state index in [4.69, 9.17) is 14.2 Å². The minimum Gasteiger partial charge on any atom is -0.497 e. The second-order valence-corrected chi connectivity index (χ2v) is 6.38. The number of hydrogen-bond acceptors (Lipinski definition) is 5. The number of methoxy groups -OCH3 is 2. The molecule has 6 nitrogen and oxygen atoms in total.